The fourth-order valence-electron chi connectivity index (χ4n) is 1.20. The maximum Gasteiger partial charge on any atom is 0.186 e. The number of benzene rings is 1. The van der Waals surface area contributed by atoms with Gasteiger partial charge in [-0.2, -0.15) is 0 Å². The Hall–Kier alpha value is -1.24. The molecule has 0 bridgehead atoms. The number of thioether (sulfide) groups is 1. The van der Waals surface area contributed by atoms with Crippen LogP contribution in [0.1, 0.15) is 18.1 Å². The summed E-state index contributed by atoms with van der Waals surface area (Å²) in [6.07, 6.45) is 0.897. The Kier molecular flexibility index (Phi) is 5.69. The van der Waals surface area contributed by atoms with Crippen molar-refractivity contribution in [1.29, 1.82) is 0 Å². The van der Waals surface area contributed by atoms with Crippen LogP contribution >= 0.6 is 11.8 Å². The molecule has 1 aromatic carbocycles. The van der Waals surface area contributed by atoms with Gasteiger partial charge in [0.25, 0.3) is 0 Å². The van der Waals surface area contributed by atoms with Crippen molar-refractivity contribution in [1.82, 2.24) is 0 Å². The molecule has 2 nitrogen and oxygen atoms in total. The molecule has 0 saturated heterocycles. The van der Waals surface area contributed by atoms with Crippen LogP contribution in [0.4, 0.5) is 0 Å². The van der Waals surface area contributed by atoms with Crippen LogP contribution in [0.5, 0.6) is 0 Å². The minimum absolute atomic E-state index is 0.104. The largest absolute Gasteiger partial charge is 0.330 e. The van der Waals surface area contributed by atoms with E-state index in [0.29, 0.717) is 12.3 Å². The zero-order valence-electron chi connectivity index (χ0n) is 9.32. The van der Waals surface area contributed by atoms with Crippen LogP contribution in [-0.2, 0) is 11.2 Å². The molecule has 1 rings (SSSR count). The van der Waals surface area contributed by atoms with Gasteiger partial charge in [0.05, 0.1) is 5.75 Å². The lowest BCUT2D eigenvalue weighted by Crippen LogP contribution is -2.02. The predicted octanol–water partition coefficient (Wildman–Crippen LogP) is 1.82. The summed E-state index contributed by atoms with van der Waals surface area (Å²) < 4.78 is 0. The van der Waals surface area contributed by atoms with Gasteiger partial charge in [-0.1, -0.05) is 35.7 Å². The molecule has 2 N–H and O–H groups in total. The van der Waals surface area contributed by atoms with E-state index in [1.54, 1.807) is 6.92 Å². The molecule has 0 spiro atoms. The summed E-state index contributed by atoms with van der Waals surface area (Å²) >= 11 is 1.23. The standard InChI is InChI=1S/C13H15NOS/c1-11(15)16-10-2-3-12-4-6-13(7-5-12)8-9-14/h4-7H,8-10,14H2,1H3. The molecule has 84 valence electrons. The first-order chi connectivity index (χ1) is 7.72. The Labute approximate surface area is 101 Å². The van der Waals surface area contributed by atoms with Gasteiger partial charge in [-0.3, -0.25) is 4.79 Å². The summed E-state index contributed by atoms with van der Waals surface area (Å²) in [6.45, 7) is 2.22. The molecule has 0 saturated carbocycles. The van der Waals surface area contributed by atoms with Gasteiger partial charge in [-0.05, 0) is 30.7 Å². The Balaban J connectivity index is 2.51. The van der Waals surface area contributed by atoms with Crippen LogP contribution in [0.25, 0.3) is 0 Å². The molecule has 0 amide bonds. The lowest BCUT2D eigenvalue weighted by Gasteiger charge is -1.97. The molecule has 0 aromatic heterocycles. The average molecular weight is 233 g/mol. The van der Waals surface area contributed by atoms with Crippen molar-refractivity contribution in [3.63, 3.8) is 0 Å². The van der Waals surface area contributed by atoms with Crippen LogP contribution in [0.2, 0.25) is 0 Å². The van der Waals surface area contributed by atoms with E-state index in [0.717, 1.165) is 12.0 Å². The van der Waals surface area contributed by atoms with E-state index in [2.05, 4.69) is 11.8 Å². The van der Waals surface area contributed by atoms with Crippen LogP contribution < -0.4 is 5.73 Å². The Bertz CT molecular complexity index is 400. The zero-order valence-corrected chi connectivity index (χ0v) is 10.1. The van der Waals surface area contributed by atoms with E-state index in [1.165, 1.54) is 17.3 Å². The Morgan fingerprint density at radius 2 is 2.06 bits per heavy atom. The number of rotatable bonds is 3. The van der Waals surface area contributed by atoms with Gasteiger partial charge in [0.1, 0.15) is 0 Å². The highest BCUT2D eigenvalue weighted by molar-refractivity contribution is 8.13. The van der Waals surface area contributed by atoms with Crippen LogP contribution in [0, 0.1) is 11.8 Å². The van der Waals surface area contributed by atoms with Gasteiger partial charge in [-0.15, -0.1) is 0 Å². The van der Waals surface area contributed by atoms with Crippen molar-refractivity contribution in [2.24, 2.45) is 5.73 Å². The van der Waals surface area contributed by atoms with Gasteiger partial charge >= 0.3 is 0 Å². The Morgan fingerprint density at radius 3 is 2.62 bits per heavy atom. The first-order valence-electron chi connectivity index (χ1n) is 5.13. The maximum absolute atomic E-state index is 10.7. The van der Waals surface area contributed by atoms with Crippen molar-refractivity contribution < 1.29 is 4.79 Å². The van der Waals surface area contributed by atoms with E-state index in [9.17, 15) is 4.79 Å². The van der Waals surface area contributed by atoms with E-state index in [4.69, 9.17) is 5.73 Å². The molecule has 0 aliphatic carbocycles. The predicted molar refractivity (Wildman–Crippen MR) is 69.2 cm³/mol. The number of hydrogen-bond donors (Lipinski definition) is 1. The third kappa shape index (κ3) is 5.01. The molecule has 0 atom stereocenters. The quantitative estimate of drug-likeness (QED) is 0.810. The number of nitrogens with two attached hydrogens (primary N) is 1. The highest BCUT2D eigenvalue weighted by atomic mass is 32.2. The SMILES string of the molecule is CC(=O)SCC#Cc1ccc(CCN)cc1. The maximum atomic E-state index is 10.7. The van der Waals surface area contributed by atoms with Gasteiger partial charge in [-0.25, -0.2) is 0 Å². The minimum atomic E-state index is 0.104. The molecule has 0 unspecified atom stereocenters. The second-order valence-corrected chi connectivity index (χ2v) is 4.47. The highest BCUT2D eigenvalue weighted by Gasteiger charge is 1.91. The molecule has 3 heteroatoms. The van der Waals surface area contributed by atoms with Gasteiger partial charge in [0.15, 0.2) is 5.12 Å². The molecule has 0 aliphatic rings. The fourth-order valence-corrected chi connectivity index (χ4v) is 1.54. The molecule has 1 aromatic rings. The summed E-state index contributed by atoms with van der Waals surface area (Å²) in [6, 6.07) is 8.04. The van der Waals surface area contributed by atoms with E-state index >= 15 is 0 Å². The highest BCUT2D eigenvalue weighted by Crippen LogP contribution is 2.04. The first kappa shape index (κ1) is 12.8. The normalized spacial score (nSPS) is 9.38. The van der Waals surface area contributed by atoms with Crippen molar-refractivity contribution in [2.75, 3.05) is 12.3 Å². The fraction of sp³-hybridized carbons (Fsp3) is 0.308. The summed E-state index contributed by atoms with van der Waals surface area (Å²) in [4.78, 5) is 10.7. The smallest absolute Gasteiger partial charge is 0.186 e. The summed E-state index contributed by atoms with van der Waals surface area (Å²) in [5.41, 5.74) is 7.67. The molecular formula is C13H15NOS. The van der Waals surface area contributed by atoms with E-state index < -0.39 is 0 Å². The lowest BCUT2D eigenvalue weighted by atomic mass is 10.1. The minimum Gasteiger partial charge on any atom is -0.330 e. The number of carbonyl (C=O) groups is 1. The van der Waals surface area contributed by atoms with Gasteiger partial charge in [0, 0.05) is 12.5 Å². The Morgan fingerprint density at radius 1 is 1.38 bits per heavy atom. The van der Waals surface area contributed by atoms with Crippen LogP contribution in [0.15, 0.2) is 24.3 Å². The zero-order chi connectivity index (χ0) is 11.8. The molecule has 0 heterocycles. The monoisotopic (exact) mass is 233 g/mol. The van der Waals surface area contributed by atoms with Crippen molar-refractivity contribution >= 4 is 16.9 Å². The van der Waals surface area contributed by atoms with Gasteiger partial charge in [0.2, 0.25) is 0 Å². The van der Waals surface area contributed by atoms with Gasteiger partial charge < -0.3 is 5.73 Å². The number of hydrogen-bond acceptors (Lipinski definition) is 3. The molecular weight excluding hydrogens is 218 g/mol. The van der Waals surface area contributed by atoms with E-state index in [1.807, 2.05) is 24.3 Å². The summed E-state index contributed by atoms with van der Waals surface area (Å²) in [5.74, 6) is 6.52. The summed E-state index contributed by atoms with van der Waals surface area (Å²) in [7, 11) is 0. The second kappa shape index (κ2) is 7.10. The lowest BCUT2D eigenvalue weighted by molar-refractivity contribution is -0.109. The molecule has 0 fully saturated rings. The second-order valence-electron chi connectivity index (χ2n) is 3.32. The van der Waals surface area contributed by atoms with Crippen LogP contribution in [0.3, 0.4) is 0 Å². The molecule has 0 aliphatic heterocycles. The van der Waals surface area contributed by atoms with Crippen molar-refractivity contribution in [3.05, 3.63) is 35.4 Å². The molecule has 16 heavy (non-hydrogen) atoms. The molecule has 0 radical (unpaired) electrons. The number of carbonyl (C=O) groups excluding carboxylic acids is 1. The first-order valence-corrected chi connectivity index (χ1v) is 6.12. The third-order valence-corrected chi connectivity index (χ3v) is 2.66. The summed E-state index contributed by atoms with van der Waals surface area (Å²) in [5, 5.41) is 0.104. The topological polar surface area (TPSA) is 43.1 Å². The van der Waals surface area contributed by atoms with Crippen molar-refractivity contribution in [2.45, 2.75) is 13.3 Å². The van der Waals surface area contributed by atoms with Crippen molar-refractivity contribution in [3.8, 4) is 11.8 Å². The third-order valence-electron chi connectivity index (χ3n) is 1.97. The van der Waals surface area contributed by atoms with Crippen LogP contribution in [-0.4, -0.2) is 17.4 Å². The average Bonchev–Trinajstić information content (AvgIpc) is 2.27. The van der Waals surface area contributed by atoms with E-state index in [-0.39, 0.29) is 5.12 Å².